The molecule has 1 aromatic heterocycles. The Labute approximate surface area is 113 Å². The molecule has 102 valence electrons. The van der Waals surface area contributed by atoms with Gasteiger partial charge in [-0.1, -0.05) is 0 Å². The minimum atomic E-state index is -0.441. The molecule has 0 fully saturated rings. The highest BCUT2D eigenvalue weighted by molar-refractivity contribution is 5.99. The maximum Gasteiger partial charge on any atom is 0.270 e. The molecule has 2 heterocycles. The Bertz CT molecular complexity index is 747. The molecule has 20 heavy (non-hydrogen) atoms. The van der Waals surface area contributed by atoms with Gasteiger partial charge in [0.2, 0.25) is 5.91 Å². The van der Waals surface area contributed by atoms with Crippen LogP contribution in [-0.4, -0.2) is 21.5 Å². The molecule has 0 saturated carbocycles. The first-order valence-electron chi connectivity index (χ1n) is 6.14. The van der Waals surface area contributed by atoms with Crippen LogP contribution in [0.1, 0.15) is 24.8 Å². The number of nitrogens with zero attached hydrogens (tertiary/aromatic N) is 2. The minimum absolute atomic E-state index is 0.0138. The highest BCUT2D eigenvalue weighted by atomic mass is 16.6. The quantitative estimate of drug-likeness (QED) is 0.646. The third-order valence-corrected chi connectivity index (χ3v) is 3.46. The zero-order chi connectivity index (χ0) is 14.3. The number of fused-ring (bicyclic) bond motifs is 1. The average Bonchev–Trinajstić information content (AvgIpc) is 2.84. The summed E-state index contributed by atoms with van der Waals surface area (Å²) >= 11 is 0. The van der Waals surface area contributed by atoms with Crippen molar-refractivity contribution < 1.29 is 9.72 Å². The molecule has 1 aromatic carbocycles. The van der Waals surface area contributed by atoms with Crippen LogP contribution in [-0.2, 0) is 4.79 Å². The fourth-order valence-corrected chi connectivity index (χ4v) is 2.45. The summed E-state index contributed by atoms with van der Waals surface area (Å²) < 4.78 is 0. The lowest BCUT2D eigenvalue weighted by atomic mass is 9.92. The van der Waals surface area contributed by atoms with Gasteiger partial charge >= 0.3 is 0 Å². The molecule has 1 amide bonds. The summed E-state index contributed by atoms with van der Waals surface area (Å²) in [7, 11) is 0. The number of H-pyrrole nitrogens is 1. The highest BCUT2D eigenvalue weighted by Crippen LogP contribution is 2.32. The molecule has 2 N–H and O–H groups in total. The number of nitro groups is 1. The molecule has 0 radical (unpaired) electrons. The Morgan fingerprint density at radius 1 is 1.45 bits per heavy atom. The first-order chi connectivity index (χ1) is 9.56. The lowest BCUT2D eigenvalue weighted by Gasteiger charge is -2.19. The molecule has 3 rings (SSSR count). The Kier molecular flexibility index (Phi) is 2.74. The van der Waals surface area contributed by atoms with E-state index in [1.165, 1.54) is 12.1 Å². The number of hydrogen-bond donors (Lipinski definition) is 2. The molecule has 0 spiro atoms. The van der Waals surface area contributed by atoms with Crippen molar-refractivity contribution in [1.29, 1.82) is 0 Å². The van der Waals surface area contributed by atoms with E-state index >= 15 is 0 Å². The summed E-state index contributed by atoms with van der Waals surface area (Å²) in [5, 5.41) is 15.5. The number of carbonyl (C=O) groups is 1. The number of hydrazone groups is 1. The van der Waals surface area contributed by atoms with Crippen molar-refractivity contribution in [3.63, 3.8) is 0 Å². The number of rotatable bonds is 2. The molecule has 2 aromatic rings. The summed E-state index contributed by atoms with van der Waals surface area (Å²) in [4.78, 5) is 25.4. The van der Waals surface area contributed by atoms with Crippen LogP contribution in [0.5, 0.6) is 0 Å². The molecule has 0 saturated heterocycles. The van der Waals surface area contributed by atoms with E-state index in [1.54, 1.807) is 12.3 Å². The number of nitro benzene ring substituents is 1. The second-order valence-electron chi connectivity index (χ2n) is 4.81. The molecule has 7 heteroatoms. The molecular weight excluding hydrogens is 260 g/mol. The van der Waals surface area contributed by atoms with Gasteiger partial charge < -0.3 is 4.98 Å². The first-order valence-corrected chi connectivity index (χ1v) is 6.14. The lowest BCUT2D eigenvalue weighted by molar-refractivity contribution is -0.384. The van der Waals surface area contributed by atoms with Crippen molar-refractivity contribution in [3.05, 3.63) is 40.1 Å². The summed E-state index contributed by atoms with van der Waals surface area (Å²) in [6, 6.07) is 4.59. The smallest absolute Gasteiger partial charge is 0.270 e. The van der Waals surface area contributed by atoms with Crippen molar-refractivity contribution in [2.75, 3.05) is 0 Å². The summed E-state index contributed by atoms with van der Waals surface area (Å²) in [5.74, 6) is -0.564. The second-order valence-corrected chi connectivity index (χ2v) is 4.81. The van der Waals surface area contributed by atoms with Gasteiger partial charge in [-0.25, -0.2) is 5.43 Å². The zero-order valence-electron chi connectivity index (χ0n) is 10.7. The Morgan fingerprint density at radius 3 is 3.00 bits per heavy atom. The van der Waals surface area contributed by atoms with Crippen LogP contribution < -0.4 is 5.43 Å². The van der Waals surface area contributed by atoms with Crippen molar-refractivity contribution >= 4 is 28.2 Å². The number of nitrogens with one attached hydrogen (secondary N) is 2. The van der Waals surface area contributed by atoms with Crippen LogP contribution >= 0.6 is 0 Å². The predicted octanol–water partition coefficient (Wildman–Crippen LogP) is 2.06. The Balaban J connectivity index is 2.11. The van der Waals surface area contributed by atoms with E-state index in [0.29, 0.717) is 11.8 Å². The second kappa shape index (κ2) is 4.44. The maximum atomic E-state index is 11.9. The SMILES string of the molecule is CC1=NNC(=O)C(c2c[nH]c3ccc([N+](=O)[O-])cc23)C1. The minimum Gasteiger partial charge on any atom is -0.361 e. The topological polar surface area (TPSA) is 100 Å². The van der Waals surface area contributed by atoms with Crippen LogP contribution in [0.4, 0.5) is 5.69 Å². The zero-order valence-corrected chi connectivity index (χ0v) is 10.7. The van der Waals surface area contributed by atoms with Crippen LogP contribution in [0.25, 0.3) is 10.9 Å². The third-order valence-electron chi connectivity index (χ3n) is 3.46. The predicted molar refractivity (Wildman–Crippen MR) is 73.6 cm³/mol. The number of non-ortho nitro benzene ring substituents is 1. The standard InChI is InChI=1S/C13H12N4O3/c1-7-4-10(13(18)16-15-7)11-6-14-12-3-2-8(17(19)20)5-9(11)12/h2-3,5-6,10,14H,4H2,1H3,(H,16,18). The molecule has 0 aliphatic carbocycles. The molecule has 7 nitrogen and oxygen atoms in total. The molecule has 1 aliphatic heterocycles. The van der Waals surface area contributed by atoms with Gasteiger partial charge in [0.15, 0.2) is 0 Å². The van der Waals surface area contributed by atoms with Gasteiger partial charge in [0.05, 0.1) is 10.8 Å². The van der Waals surface area contributed by atoms with Gasteiger partial charge in [-0.05, 0) is 18.6 Å². The van der Waals surface area contributed by atoms with E-state index in [1.807, 2.05) is 6.92 Å². The Morgan fingerprint density at radius 2 is 2.25 bits per heavy atom. The summed E-state index contributed by atoms with van der Waals surface area (Å²) in [5.41, 5.74) is 4.85. The first kappa shape index (κ1) is 12.3. The molecule has 1 aliphatic rings. The van der Waals surface area contributed by atoms with Crippen LogP contribution in [0.2, 0.25) is 0 Å². The number of aromatic nitrogens is 1. The van der Waals surface area contributed by atoms with Gasteiger partial charge in [0.25, 0.3) is 5.69 Å². The third kappa shape index (κ3) is 1.93. The monoisotopic (exact) mass is 272 g/mol. The van der Waals surface area contributed by atoms with E-state index in [2.05, 4.69) is 15.5 Å². The van der Waals surface area contributed by atoms with Gasteiger partial charge in [-0.15, -0.1) is 0 Å². The van der Waals surface area contributed by atoms with Gasteiger partial charge in [0, 0.05) is 41.4 Å². The van der Waals surface area contributed by atoms with E-state index in [9.17, 15) is 14.9 Å². The summed E-state index contributed by atoms with van der Waals surface area (Å²) in [6.07, 6.45) is 2.25. The van der Waals surface area contributed by atoms with Crippen LogP contribution in [0, 0.1) is 10.1 Å². The molecule has 1 unspecified atom stereocenters. The molecule has 0 bridgehead atoms. The van der Waals surface area contributed by atoms with Crippen molar-refractivity contribution in [1.82, 2.24) is 10.4 Å². The van der Waals surface area contributed by atoms with Gasteiger partial charge in [-0.3, -0.25) is 14.9 Å². The molecule has 1 atom stereocenters. The molecular formula is C13H12N4O3. The van der Waals surface area contributed by atoms with Gasteiger partial charge in [-0.2, -0.15) is 5.10 Å². The number of carbonyl (C=O) groups excluding carboxylic acids is 1. The van der Waals surface area contributed by atoms with E-state index < -0.39 is 4.92 Å². The fourth-order valence-electron chi connectivity index (χ4n) is 2.45. The van der Waals surface area contributed by atoms with Crippen LogP contribution in [0.3, 0.4) is 0 Å². The highest BCUT2D eigenvalue weighted by Gasteiger charge is 2.27. The maximum absolute atomic E-state index is 11.9. The fraction of sp³-hybridized carbons (Fsp3) is 0.231. The Hall–Kier alpha value is -2.70. The van der Waals surface area contributed by atoms with Gasteiger partial charge in [0.1, 0.15) is 0 Å². The van der Waals surface area contributed by atoms with Crippen LogP contribution in [0.15, 0.2) is 29.5 Å². The summed E-state index contributed by atoms with van der Waals surface area (Å²) in [6.45, 7) is 1.84. The largest absolute Gasteiger partial charge is 0.361 e. The van der Waals surface area contributed by atoms with Crippen molar-refractivity contribution in [2.45, 2.75) is 19.3 Å². The number of hydrogen-bond acceptors (Lipinski definition) is 4. The normalized spacial score (nSPS) is 18.8. The number of benzene rings is 1. The van der Waals surface area contributed by atoms with Crippen molar-refractivity contribution in [3.8, 4) is 0 Å². The van der Waals surface area contributed by atoms with E-state index in [4.69, 9.17) is 0 Å². The van der Waals surface area contributed by atoms with E-state index in [0.717, 1.165) is 16.8 Å². The number of aromatic amines is 1. The van der Waals surface area contributed by atoms with E-state index in [-0.39, 0.29) is 17.5 Å². The number of amides is 1. The van der Waals surface area contributed by atoms with Crippen molar-refractivity contribution in [2.24, 2.45) is 5.10 Å². The average molecular weight is 272 g/mol. The lowest BCUT2D eigenvalue weighted by Crippen LogP contribution is -2.32.